The Bertz CT molecular complexity index is 918. The van der Waals surface area contributed by atoms with E-state index in [-0.39, 0.29) is 23.8 Å². The third-order valence-corrected chi connectivity index (χ3v) is 4.00. The minimum atomic E-state index is -2.96. The van der Waals surface area contributed by atoms with Crippen molar-refractivity contribution < 1.29 is 22.7 Å². The fourth-order valence-corrected chi connectivity index (χ4v) is 2.61. The topological polar surface area (TPSA) is 51.5 Å². The molecule has 25 heavy (non-hydrogen) atoms. The summed E-state index contributed by atoms with van der Waals surface area (Å²) in [5.74, 6) is -0.416. The zero-order chi connectivity index (χ0) is 18.0. The van der Waals surface area contributed by atoms with Gasteiger partial charge in [-0.25, -0.2) is 0 Å². The molecule has 0 aliphatic carbocycles. The number of carbonyl (C=O) groups excluding carboxylic acids is 1. The van der Waals surface area contributed by atoms with Gasteiger partial charge in [0.2, 0.25) is 5.91 Å². The van der Waals surface area contributed by atoms with E-state index in [1.807, 2.05) is 26.0 Å². The maximum atomic E-state index is 12.4. The largest absolute Gasteiger partial charge is 0.464 e. The SMILES string of the molecule is Cc1cc2occ(CC(=O)Nc3ccccc3OC(F)F)c2cc1C. The van der Waals surface area contributed by atoms with Crippen LogP contribution in [0.5, 0.6) is 5.75 Å². The number of fused-ring (bicyclic) bond motifs is 1. The van der Waals surface area contributed by atoms with Gasteiger partial charge in [-0.2, -0.15) is 8.78 Å². The van der Waals surface area contributed by atoms with Crippen LogP contribution >= 0.6 is 0 Å². The number of anilines is 1. The van der Waals surface area contributed by atoms with Gasteiger partial charge >= 0.3 is 6.61 Å². The number of furan rings is 1. The zero-order valence-electron chi connectivity index (χ0n) is 13.8. The monoisotopic (exact) mass is 345 g/mol. The van der Waals surface area contributed by atoms with Crippen molar-refractivity contribution in [2.24, 2.45) is 0 Å². The van der Waals surface area contributed by atoms with Crippen LogP contribution in [0, 0.1) is 13.8 Å². The molecule has 0 saturated heterocycles. The molecule has 0 unspecified atom stereocenters. The van der Waals surface area contributed by atoms with E-state index >= 15 is 0 Å². The lowest BCUT2D eigenvalue weighted by Crippen LogP contribution is -2.15. The van der Waals surface area contributed by atoms with Crippen LogP contribution in [0.1, 0.15) is 16.7 Å². The Morgan fingerprint density at radius 2 is 1.92 bits per heavy atom. The third kappa shape index (κ3) is 3.79. The van der Waals surface area contributed by atoms with Crippen molar-refractivity contribution in [3.8, 4) is 5.75 Å². The molecule has 1 aromatic heterocycles. The number of benzene rings is 2. The summed E-state index contributed by atoms with van der Waals surface area (Å²) in [5.41, 5.74) is 3.87. The Balaban J connectivity index is 1.79. The quantitative estimate of drug-likeness (QED) is 0.720. The standard InChI is InChI=1S/C19H17F2NO3/c1-11-7-14-13(10-24-17(14)8-12(11)2)9-18(23)22-15-5-3-4-6-16(15)25-19(20)21/h3-8,10,19H,9H2,1-2H3,(H,22,23). The number of carbonyl (C=O) groups is 1. The molecule has 0 aliphatic heterocycles. The smallest absolute Gasteiger partial charge is 0.387 e. The van der Waals surface area contributed by atoms with Crippen molar-refractivity contribution in [2.75, 3.05) is 5.32 Å². The molecule has 0 aliphatic rings. The normalized spacial score (nSPS) is 11.1. The first-order valence-corrected chi connectivity index (χ1v) is 7.75. The second-order valence-corrected chi connectivity index (χ2v) is 5.79. The molecule has 4 nitrogen and oxygen atoms in total. The maximum absolute atomic E-state index is 12.4. The highest BCUT2D eigenvalue weighted by atomic mass is 19.3. The minimum Gasteiger partial charge on any atom is -0.464 e. The van der Waals surface area contributed by atoms with Crippen LogP contribution in [0.3, 0.4) is 0 Å². The molecule has 3 rings (SSSR count). The molecule has 0 radical (unpaired) electrons. The molecule has 130 valence electrons. The Morgan fingerprint density at radius 3 is 2.68 bits per heavy atom. The summed E-state index contributed by atoms with van der Waals surface area (Å²) in [7, 11) is 0. The average Bonchev–Trinajstić information content (AvgIpc) is 2.91. The van der Waals surface area contributed by atoms with E-state index in [0.29, 0.717) is 5.58 Å². The third-order valence-electron chi connectivity index (χ3n) is 4.00. The summed E-state index contributed by atoms with van der Waals surface area (Å²) in [6.07, 6.45) is 1.61. The van der Waals surface area contributed by atoms with Gasteiger partial charge in [-0.15, -0.1) is 0 Å². The minimum absolute atomic E-state index is 0.0680. The molecular weight excluding hydrogens is 328 g/mol. The summed E-state index contributed by atoms with van der Waals surface area (Å²) >= 11 is 0. The first-order valence-electron chi connectivity index (χ1n) is 7.75. The lowest BCUT2D eigenvalue weighted by Gasteiger charge is -2.11. The van der Waals surface area contributed by atoms with Gasteiger partial charge in [-0.05, 0) is 49.2 Å². The number of amides is 1. The van der Waals surface area contributed by atoms with Gasteiger partial charge < -0.3 is 14.5 Å². The van der Waals surface area contributed by atoms with Crippen molar-refractivity contribution in [3.05, 3.63) is 59.4 Å². The number of para-hydroxylation sites is 2. The zero-order valence-corrected chi connectivity index (χ0v) is 13.8. The summed E-state index contributed by atoms with van der Waals surface area (Å²) in [6.45, 7) is 1.02. The van der Waals surface area contributed by atoms with Crippen LogP contribution in [-0.2, 0) is 11.2 Å². The average molecular weight is 345 g/mol. The predicted molar refractivity (Wildman–Crippen MR) is 91.1 cm³/mol. The van der Waals surface area contributed by atoms with Crippen LogP contribution < -0.4 is 10.1 Å². The summed E-state index contributed by atoms with van der Waals surface area (Å²) in [6, 6.07) is 9.98. The lowest BCUT2D eigenvalue weighted by atomic mass is 10.0. The van der Waals surface area contributed by atoms with E-state index in [1.54, 1.807) is 18.4 Å². The maximum Gasteiger partial charge on any atom is 0.387 e. The molecule has 1 heterocycles. The number of hydrogen-bond acceptors (Lipinski definition) is 3. The molecule has 0 saturated carbocycles. The number of rotatable bonds is 5. The van der Waals surface area contributed by atoms with Crippen molar-refractivity contribution >= 4 is 22.6 Å². The van der Waals surface area contributed by atoms with Crippen LogP contribution in [0.15, 0.2) is 47.1 Å². The summed E-state index contributed by atoms with van der Waals surface area (Å²) in [5, 5.41) is 3.48. The number of ether oxygens (including phenoxy) is 1. The Labute approximate surface area is 143 Å². The fourth-order valence-electron chi connectivity index (χ4n) is 2.61. The van der Waals surface area contributed by atoms with Gasteiger partial charge in [0, 0.05) is 10.9 Å². The van der Waals surface area contributed by atoms with Gasteiger partial charge in [0.05, 0.1) is 18.4 Å². The molecule has 0 spiro atoms. The van der Waals surface area contributed by atoms with Gasteiger partial charge in [-0.1, -0.05) is 12.1 Å². The second-order valence-electron chi connectivity index (χ2n) is 5.79. The number of alkyl halides is 2. The molecule has 0 fully saturated rings. The van der Waals surface area contributed by atoms with Crippen molar-refractivity contribution in [3.63, 3.8) is 0 Å². The Hall–Kier alpha value is -2.89. The van der Waals surface area contributed by atoms with Crippen molar-refractivity contribution in [1.29, 1.82) is 0 Å². The van der Waals surface area contributed by atoms with Crippen LogP contribution in [0.4, 0.5) is 14.5 Å². The van der Waals surface area contributed by atoms with Gasteiger partial charge in [0.15, 0.2) is 0 Å². The van der Waals surface area contributed by atoms with Gasteiger partial charge in [0.25, 0.3) is 0 Å². The van der Waals surface area contributed by atoms with Crippen LogP contribution in [0.2, 0.25) is 0 Å². The van der Waals surface area contributed by atoms with Crippen molar-refractivity contribution in [1.82, 2.24) is 0 Å². The molecule has 3 aromatic rings. The highest BCUT2D eigenvalue weighted by Gasteiger charge is 2.15. The molecule has 1 N–H and O–H groups in total. The predicted octanol–water partition coefficient (Wildman–Crippen LogP) is 4.83. The molecule has 2 aromatic carbocycles. The second kappa shape index (κ2) is 6.93. The van der Waals surface area contributed by atoms with Gasteiger partial charge in [0.1, 0.15) is 11.3 Å². The highest BCUT2D eigenvalue weighted by molar-refractivity contribution is 5.96. The van der Waals surface area contributed by atoms with Crippen LogP contribution in [0.25, 0.3) is 11.0 Å². The number of aryl methyl sites for hydroxylation is 2. The first kappa shape index (κ1) is 17.0. The van der Waals surface area contributed by atoms with E-state index in [2.05, 4.69) is 10.1 Å². The lowest BCUT2D eigenvalue weighted by molar-refractivity contribution is -0.115. The van der Waals surface area contributed by atoms with Crippen LogP contribution in [-0.4, -0.2) is 12.5 Å². The Morgan fingerprint density at radius 1 is 1.20 bits per heavy atom. The first-order chi connectivity index (χ1) is 11.9. The molecule has 1 amide bonds. The van der Waals surface area contributed by atoms with E-state index < -0.39 is 6.61 Å². The highest BCUT2D eigenvalue weighted by Crippen LogP contribution is 2.27. The number of nitrogens with one attached hydrogen (secondary N) is 1. The molecule has 0 atom stereocenters. The number of halogens is 2. The summed E-state index contributed by atoms with van der Waals surface area (Å²) < 4.78 is 34.8. The molecule has 6 heteroatoms. The summed E-state index contributed by atoms with van der Waals surface area (Å²) in [4.78, 5) is 12.3. The number of hydrogen-bond donors (Lipinski definition) is 1. The van der Waals surface area contributed by atoms with E-state index in [9.17, 15) is 13.6 Å². The Kier molecular flexibility index (Phi) is 4.70. The van der Waals surface area contributed by atoms with E-state index in [1.165, 1.54) is 12.1 Å². The van der Waals surface area contributed by atoms with Crippen molar-refractivity contribution in [2.45, 2.75) is 26.9 Å². The van der Waals surface area contributed by atoms with E-state index in [0.717, 1.165) is 22.1 Å². The van der Waals surface area contributed by atoms with Gasteiger partial charge in [-0.3, -0.25) is 4.79 Å². The molecular formula is C19H17F2NO3. The fraction of sp³-hybridized carbons (Fsp3) is 0.211. The molecule has 0 bridgehead atoms. The van der Waals surface area contributed by atoms with E-state index in [4.69, 9.17) is 4.42 Å².